The van der Waals surface area contributed by atoms with Gasteiger partial charge in [0, 0.05) is 98.1 Å². The van der Waals surface area contributed by atoms with Crippen LogP contribution >= 0.6 is 0 Å². The van der Waals surface area contributed by atoms with Gasteiger partial charge in [-0.2, -0.15) is 0 Å². The lowest BCUT2D eigenvalue weighted by atomic mass is 9.75. The largest absolute Gasteiger partial charge is 0.507 e. The summed E-state index contributed by atoms with van der Waals surface area (Å²) < 4.78 is 36.2. The van der Waals surface area contributed by atoms with E-state index in [2.05, 4.69) is 38.1 Å². The van der Waals surface area contributed by atoms with Gasteiger partial charge in [-0.25, -0.2) is 9.59 Å². The zero-order valence-electron chi connectivity index (χ0n) is 49.4. The van der Waals surface area contributed by atoms with Gasteiger partial charge in [-0.3, -0.25) is 53.5 Å². The number of fused-ring (bicyclic) bond motifs is 5. The molecule has 10 N–H and O–H groups in total. The van der Waals surface area contributed by atoms with E-state index in [1.807, 2.05) is 6.92 Å². The standard InChI is InChI=1S/C61H76N8O19/c1-31(2)51(67-44(73)19-7-6-12-23-69-45(74)20-21-46(69)75)57(80)65-39(17-13-22-63-60(62)81)56(79)64-38-16-9-8-14-34(38)30-85-61(82)66-37-15-10-11-18-41(71)49-50(52(76)32(37)3)54(78)48-36(53(49)77)26-35(42(72)29-70)27-43(48)87-47-28-40-55(33(4)86-47)88-58-59(83-5)84-25-24-68(40)58/h8-11,14-16,20-21,31,33,35,39-40,43,47,51,55,58-59,70,77-78H,3,6-7,12-13,17-19,22-30H2,1-2,4-5H3,(H,64,79)(H,65,80)(H,66,82)(H,67,73)(H3,62,63,81)/b11-10-,37-15?/t33-,35+,39-,40-,43-,47?,51-,55+,58+,59-/m0/s1. The molecule has 8 rings (SSSR count). The minimum absolute atomic E-state index is 0.00158. The van der Waals surface area contributed by atoms with Crippen molar-refractivity contribution in [2.75, 3.05) is 45.3 Å². The van der Waals surface area contributed by atoms with E-state index in [0.29, 0.717) is 32.4 Å². The molecular weight excluding hydrogens is 1150 g/mol. The first kappa shape index (κ1) is 65.8. The maximum absolute atomic E-state index is 14.8. The number of carbonyl (C=O) groups excluding carboxylic acids is 10. The molecule has 4 heterocycles. The number of phenolic OH excluding ortho intramolecular Hbond substituents is 2. The number of rotatable bonds is 24. The highest BCUT2D eigenvalue weighted by molar-refractivity contribution is 6.20. The van der Waals surface area contributed by atoms with E-state index >= 15 is 0 Å². The first-order valence-corrected chi connectivity index (χ1v) is 29.3. The minimum Gasteiger partial charge on any atom is -0.507 e. The van der Waals surface area contributed by atoms with Gasteiger partial charge in [-0.1, -0.05) is 57.2 Å². The number of para-hydroxylation sites is 1. The highest BCUT2D eigenvalue weighted by Crippen LogP contribution is 2.51. The molecule has 1 unspecified atom stereocenters. The summed E-state index contributed by atoms with van der Waals surface area (Å²) in [6.07, 6.45) is 2.13. The van der Waals surface area contributed by atoms with Crippen molar-refractivity contribution >= 4 is 64.7 Å². The summed E-state index contributed by atoms with van der Waals surface area (Å²) in [5.74, 6) is -7.84. The Bertz CT molecular complexity index is 3140. The number of nitrogens with one attached hydrogen (secondary N) is 5. The summed E-state index contributed by atoms with van der Waals surface area (Å²) in [5, 5.41) is 47.6. The van der Waals surface area contributed by atoms with Crippen LogP contribution in [0.3, 0.4) is 0 Å². The number of aromatic hydroxyl groups is 2. The predicted octanol–water partition coefficient (Wildman–Crippen LogP) is 3.00. The van der Waals surface area contributed by atoms with Crippen LogP contribution in [0.4, 0.5) is 15.3 Å². The number of unbranched alkanes of at least 4 members (excludes halogenated alkanes) is 2. The number of hydrogen-bond acceptors (Lipinski definition) is 20. The number of allylic oxidation sites excluding steroid dienone is 4. The molecule has 0 spiro atoms. The van der Waals surface area contributed by atoms with Gasteiger partial charge in [0.25, 0.3) is 11.8 Å². The maximum atomic E-state index is 14.8. The smallest absolute Gasteiger partial charge is 0.411 e. The summed E-state index contributed by atoms with van der Waals surface area (Å²) in [6.45, 7) is 9.01. The summed E-state index contributed by atoms with van der Waals surface area (Å²) in [4.78, 5) is 135. The monoisotopic (exact) mass is 1220 g/mol. The van der Waals surface area contributed by atoms with E-state index in [4.69, 9.17) is 34.2 Å². The van der Waals surface area contributed by atoms with Crippen molar-refractivity contribution in [1.29, 1.82) is 0 Å². The van der Waals surface area contributed by atoms with E-state index in [1.165, 1.54) is 43.6 Å². The number of ketones is 3. The minimum atomic E-state index is -1.24. The first-order valence-electron chi connectivity index (χ1n) is 29.3. The third-order valence-corrected chi connectivity index (χ3v) is 16.3. The van der Waals surface area contributed by atoms with Crippen LogP contribution in [-0.2, 0) is 70.2 Å². The first-order chi connectivity index (χ1) is 42.1. The topological polar surface area (TPSA) is 379 Å². The number of hydrogen-bond donors (Lipinski definition) is 9. The molecule has 2 aromatic rings. The molecule has 88 heavy (non-hydrogen) atoms. The molecular formula is C61H76N8O19. The van der Waals surface area contributed by atoms with Crippen LogP contribution in [0.25, 0.3) is 0 Å². The van der Waals surface area contributed by atoms with Gasteiger partial charge in [0.05, 0.1) is 35.6 Å². The summed E-state index contributed by atoms with van der Waals surface area (Å²) in [5.41, 5.74) is 3.67. The summed E-state index contributed by atoms with van der Waals surface area (Å²) in [7, 11) is 1.52. The van der Waals surface area contributed by atoms with Gasteiger partial charge in [0.1, 0.15) is 42.9 Å². The number of imide groups is 1. The molecule has 0 radical (unpaired) electrons. The van der Waals surface area contributed by atoms with Crippen LogP contribution in [0.15, 0.2) is 72.5 Å². The van der Waals surface area contributed by atoms with Crippen molar-refractivity contribution in [2.24, 2.45) is 17.6 Å². The van der Waals surface area contributed by atoms with Crippen molar-refractivity contribution in [3.63, 3.8) is 0 Å². The van der Waals surface area contributed by atoms with Crippen LogP contribution in [0, 0.1) is 11.8 Å². The van der Waals surface area contributed by atoms with E-state index in [1.54, 1.807) is 32.0 Å². The molecule has 0 bridgehead atoms. The number of aliphatic hydroxyl groups excluding tert-OH is 1. The number of aliphatic hydroxyl groups is 1. The molecule has 6 aliphatic rings. The zero-order valence-corrected chi connectivity index (χ0v) is 49.4. The number of morpholine rings is 1. The Hall–Kier alpha value is -8.18. The molecule has 8 amide bonds. The Balaban J connectivity index is 0.942. The van der Waals surface area contributed by atoms with Gasteiger partial charge in [0.15, 0.2) is 36.2 Å². The van der Waals surface area contributed by atoms with Crippen LogP contribution in [0.5, 0.6) is 11.5 Å². The van der Waals surface area contributed by atoms with E-state index in [0.717, 1.165) is 4.90 Å². The fourth-order valence-corrected chi connectivity index (χ4v) is 11.8. The second kappa shape index (κ2) is 29.7. The molecule has 474 valence electrons. The number of Topliss-reactive ketones (excluding diaryl/α,β-unsaturated/α-hetero) is 3. The predicted molar refractivity (Wildman–Crippen MR) is 310 cm³/mol. The van der Waals surface area contributed by atoms with Gasteiger partial charge in [-0.15, -0.1) is 0 Å². The summed E-state index contributed by atoms with van der Waals surface area (Å²) in [6, 6.07) is 2.94. The molecule has 10 atom stereocenters. The molecule has 2 aliphatic carbocycles. The Morgan fingerprint density at radius 2 is 1.66 bits per heavy atom. The van der Waals surface area contributed by atoms with E-state index in [-0.39, 0.29) is 85.7 Å². The lowest BCUT2D eigenvalue weighted by Gasteiger charge is -2.42. The number of primary amides is 1. The molecule has 2 aromatic carbocycles. The van der Waals surface area contributed by atoms with Crippen molar-refractivity contribution in [3.05, 3.63) is 100 Å². The lowest BCUT2D eigenvalue weighted by Crippen LogP contribution is -2.55. The molecule has 0 saturated carbocycles. The second-order valence-electron chi connectivity index (χ2n) is 22.5. The van der Waals surface area contributed by atoms with Crippen molar-refractivity contribution < 1.29 is 91.7 Å². The average Bonchev–Trinajstić information content (AvgIpc) is 0.807. The molecule has 3 fully saturated rings. The van der Waals surface area contributed by atoms with Gasteiger partial charge < -0.3 is 70.7 Å². The lowest BCUT2D eigenvalue weighted by molar-refractivity contribution is -0.254. The quantitative estimate of drug-likeness (QED) is 0.0316. The number of urea groups is 1. The highest BCUT2D eigenvalue weighted by Gasteiger charge is 2.54. The Labute approximate surface area is 507 Å². The summed E-state index contributed by atoms with van der Waals surface area (Å²) >= 11 is 0. The van der Waals surface area contributed by atoms with Crippen LogP contribution in [0.1, 0.15) is 122 Å². The zero-order chi connectivity index (χ0) is 63.5. The van der Waals surface area contributed by atoms with E-state index in [9.17, 15) is 63.3 Å². The maximum Gasteiger partial charge on any atom is 0.411 e. The highest BCUT2D eigenvalue weighted by atomic mass is 16.7. The van der Waals surface area contributed by atoms with Crippen LogP contribution in [-0.4, -0.2) is 173 Å². The number of nitrogens with two attached hydrogens (primary N) is 1. The average molecular weight is 1230 g/mol. The van der Waals surface area contributed by atoms with Gasteiger partial charge in [0.2, 0.25) is 17.7 Å². The van der Waals surface area contributed by atoms with Crippen molar-refractivity contribution in [3.8, 4) is 11.5 Å². The third kappa shape index (κ3) is 15.4. The Kier molecular flexibility index (Phi) is 22.2. The number of carbonyl (C=O) groups is 10. The number of ether oxygens (including phenoxy) is 6. The second-order valence-corrected chi connectivity index (χ2v) is 22.5. The molecule has 0 aromatic heterocycles. The molecule has 4 aliphatic heterocycles. The number of benzene rings is 2. The van der Waals surface area contributed by atoms with Crippen molar-refractivity contribution in [1.82, 2.24) is 31.1 Å². The number of amides is 8. The van der Waals surface area contributed by atoms with Crippen molar-refractivity contribution in [2.45, 2.75) is 147 Å². The number of alkyl carbamates (subject to hydrolysis) is 1. The molecule has 27 nitrogen and oxygen atoms in total. The molecule has 27 heteroatoms. The fraction of sp³-hybridized carbons (Fsp3) is 0.508. The van der Waals surface area contributed by atoms with Gasteiger partial charge in [-0.05, 0) is 63.5 Å². The number of nitrogens with zero attached hydrogens (tertiary/aromatic N) is 2. The van der Waals surface area contributed by atoms with Crippen LogP contribution in [0.2, 0.25) is 0 Å². The Morgan fingerprint density at radius 1 is 0.909 bits per heavy atom. The number of phenols is 2. The van der Waals surface area contributed by atoms with E-state index < -0.39 is 168 Å². The number of methoxy groups -OCH3 is 1. The van der Waals surface area contributed by atoms with Crippen LogP contribution < -0.4 is 32.3 Å². The normalized spacial score (nSPS) is 24.5. The Morgan fingerprint density at radius 3 is 2.38 bits per heavy atom. The number of anilines is 1. The molecule has 3 saturated heterocycles. The fourth-order valence-electron chi connectivity index (χ4n) is 11.8. The SMILES string of the molecule is C=C1C(=O)c2c(O)c3c(c(O)c2C(=O)C/C=C\C=C1NC(=O)OCc1ccccc1NC(=O)[C@H](CCCNC(N)=O)NC(=O)[C@@H](NC(=O)CCCCCN1C(=O)C=CC1=O)C(C)C)C[C@@H](C(=O)CO)C[C@@H]3OC1C[C@H]2[C@H](O[C@@H]3[C@@H](OC)OCCN32)[C@H](C)O1. The third-order valence-electron chi connectivity index (χ3n) is 16.3. The van der Waals surface area contributed by atoms with Gasteiger partial charge >= 0.3 is 12.1 Å².